The van der Waals surface area contributed by atoms with Crippen molar-refractivity contribution in [3.63, 3.8) is 0 Å². The molecule has 3 rings (SSSR count). The second kappa shape index (κ2) is 5.42. The minimum absolute atomic E-state index is 0.198. The Morgan fingerprint density at radius 3 is 2.85 bits per heavy atom. The second-order valence-corrected chi connectivity index (χ2v) is 5.48. The number of hydrogen-bond acceptors (Lipinski definition) is 5. The van der Waals surface area contributed by atoms with Crippen LogP contribution in [-0.4, -0.2) is 20.2 Å². The first kappa shape index (κ1) is 12.8. The lowest BCUT2D eigenvalue weighted by Gasteiger charge is -2.15. The molecule has 0 bridgehead atoms. The van der Waals surface area contributed by atoms with Crippen LogP contribution in [0, 0.1) is 6.92 Å². The minimum atomic E-state index is 0.198. The van der Waals surface area contributed by atoms with Crippen LogP contribution < -0.4 is 5.32 Å². The van der Waals surface area contributed by atoms with E-state index in [4.69, 9.17) is 0 Å². The van der Waals surface area contributed by atoms with Crippen molar-refractivity contribution in [2.45, 2.75) is 19.9 Å². The van der Waals surface area contributed by atoms with Crippen molar-refractivity contribution in [1.29, 1.82) is 0 Å². The number of H-pyrrole nitrogens is 1. The number of para-hydroxylation sites is 1. The normalized spacial score (nSPS) is 12.3. The van der Waals surface area contributed by atoms with Gasteiger partial charge in [0, 0.05) is 22.3 Å². The van der Waals surface area contributed by atoms with E-state index in [1.54, 1.807) is 11.3 Å². The van der Waals surface area contributed by atoms with Crippen molar-refractivity contribution in [1.82, 2.24) is 20.2 Å². The fourth-order valence-corrected chi connectivity index (χ4v) is 2.64. The first-order valence-electron chi connectivity index (χ1n) is 6.37. The Bertz CT molecular complexity index is 689. The Morgan fingerprint density at radius 1 is 1.30 bits per heavy atom. The molecule has 0 aliphatic heterocycles. The lowest BCUT2D eigenvalue weighted by atomic mass is 10.1. The van der Waals surface area contributed by atoms with Crippen LogP contribution >= 0.6 is 11.3 Å². The molecule has 0 fully saturated rings. The highest BCUT2D eigenvalue weighted by Crippen LogP contribution is 2.29. The number of hydrogen-bond donors (Lipinski definition) is 2. The maximum atomic E-state index is 4.40. The van der Waals surface area contributed by atoms with Gasteiger partial charge in [0.2, 0.25) is 0 Å². The lowest BCUT2D eigenvalue weighted by molar-refractivity contribution is 0.903. The SMILES string of the molecule is Cc1nc(-c2ccccc2NC(C)c2cncs2)n[nH]1. The van der Waals surface area contributed by atoms with Gasteiger partial charge in [-0.05, 0) is 26.0 Å². The average Bonchev–Trinajstić information content (AvgIpc) is 3.10. The Balaban J connectivity index is 1.90. The maximum Gasteiger partial charge on any atom is 0.183 e. The molecule has 1 unspecified atom stereocenters. The van der Waals surface area contributed by atoms with Gasteiger partial charge in [0.05, 0.1) is 11.6 Å². The molecule has 102 valence electrons. The molecule has 0 amide bonds. The predicted octanol–water partition coefficient (Wildman–Crippen LogP) is 3.41. The summed E-state index contributed by atoms with van der Waals surface area (Å²) in [5.74, 6) is 1.52. The zero-order valence-electron chi connectivity index (χ0n) is 11.3. The van der Waals surface area contributed by atoms with Gasteiger partial charge in [-0.25, -0.2) is 4.98 Å². The van der Waals surface area contributed by atoms with Crippen molar-refractivity contribution in [3.8, 4) is 11.4 Å². The first-order valence-corrected chi connectivity index (χ1v) is 7.25. The molecule has 20 heavy (non-hydrogen) atoms. The molecule has 2 heterocycles. The Morgan fingerprint density at radius 2 is 2.15 bits per heavy atom. The summed E-state index contributed by atoms with van der Waals surface area (Å²) < 4.78 is 0. The van der Waals surface area contributed by atoms with E-state index in [9.17, 15) is 0 Å². The summed E-state index contributed by atoms with van der Waals surface area (Å²) in [5, 5.41) is 10.6. The number of aromatic amines is 1. The molecule has 0 saturated heterocycles. The van der Waals surface area contributed by atoms with E-state index in [0.29, 0.717) is 5.82 Å². The van der Waals surface area contributed by atoms with E-state index < -0.39 is 0 Å². The third-order valence-electron chi connectivity index (χ3n) is 3.02. The van der Waals surface area contributed by atoms with Gasteiger partial charge in [-0.1, -0.05) is 12.1 Å². The standard InChI is InChI=1S/C14H15N5S/c1-9(13-7-15-8-20-13)16-12-6-4-3-5-11(12)14-17-10(2)18-19-14/h3-9,16H,1-2H3,(H,17,18,19). The number of nitrogens with zero attached hydrogens (tertiary/aromatic N) is 3. The van der Waals surface area contributed by atoms with E-state index >= 15 is 0 Å². The van der Waals surface area contributed by atoms with Gasteiger partial charge in [0.15, 0.2) is 5.82 Å². The molecule has 0 saturated carbocycles. The van der Waals surface area contributed by atoms with Gasteiger partial charge in [0.25, 0.3) is 0 Å². The van der Waals surface area contributed by atoms with Gasteiger partial charge in [-0.3, -0.25) is 10.1 Å². The highest BCUT2D eigenvalue weighted by atomic mass is 32.1. The number of rotatable bonds is 4. The lowest BCUT2D eigenvalue weighted by Crippen LogP contribution is -2.06. The minimum Gasteiger partial charge on any atom is -0.377 e. The smallest absolute Gasteiger partial charge is 0.183 e. The molecular formula is C14H15N5S. The zero-order valence-corrected chi connectivity index (χ0v) is 12.1. The molecule has 6 heteroatoms. The van der Waals surface area contributed by atoms with Crippen LogP contribution in [0.1, 0.15) is 23.7 Å². The van der Waals surface area contributed by atoms with Crippen LogP contribution in [-0.2, 0) is 0 Å². The molecule has 0 radical (unpaired) electrons. The Labute approximate surface area is 121 Å². The second-order valence-electron chi connectivity index (χ2n) is 4.56. The summed E-state index contributed by atoms with van der Waals surface area (Å²) in [6, 6.07) is 8.25. The van der Waals surface area contributed by atoms with Crippen LogP contribution in [0.4, 0.5) is 5.69 Å². The molecule has 0 spiro atoms. The van der Waals surface area contributed by atoms with Crippen LogP contribution in [0.25, 0.3) is 11.4 Å². The highest BCUT2D eigenvalue weighted by molar-refractivity contribution is 7.09. The third-order valence-corrected chi connectivity index (χ3v) is 3.97. The number of nitrogens with one attached hydrogen (secondary N) is 2. The molecule has 2 N–H and O–H groups in total. The molecule has 0 aliphatic carbocycles. The number of aryl methyl sites for hydroxylation is 1. The monoisotopic (exact) mass is 285 g/mol. The van der Waals surface area contributed by atoms with Crippen LogP contribution in [0.5, 0.6) is 0 Å². The number of anilines is 1. The number of aromatic nitrogens is 4. The summed E-state index contributed by atoms with van der Waals surface area (Å²) in [6.07, 6.45) is 1.89. The van der Waals surface area contributed by atoms with E-state index in [-0.39, 0.29) is 6.04 Å². The van der Waals surface area contributed by atoms with Crippen molar-refractivity contribution in [2.24, 2.45) is 0 Å². The summed E-state index contributed by atoms with van der Waals surface area (Å²) in [6.45, 7) is 4.01. The predicted molar refractivity (Wildman–Crippen MR) is 80.7 cm³/mol. The van der Waals surface area contributed by atoms with Crippen LogP contribution in [0.15, 0.2) is 36.0 Å². The van der Waals surface area contributed by atoms with Crippen LogP contribution in [0.3, 0.4) is 0 Å². The maximum absolute atomic E-state index is 4.40. The van der Waals surface area contributed by atoms with Crippen molar-refractivity contribution < 1.29 is 0 Å². The van der Waals surface area contributed by atoms with Gasteiger partial charge < -0.3 is 5.32 Å². The van der Waals surface area contributed by atoms with E-state index in [0.717, 1.165) is 17.1 Å². The fraction of sp³-hybridized carbons (Fsp3) is 0.214. The zero-order chi connectivity index (χ0) is 13.9. The largest absolute Gasteiger partial charge is 0.377 e. The summed E-state index contributed by atoms with van der Waals surface area (Å²) in [5.41, 5.74) is 3.86. The van der Waals surface area contributed by atoms with Gasteiger partial charge >= 0.3 is 0 Å². The van der Waals surface area contributed by atoms with Gasteiger partial charge in [-0.15, -0.1) is 11.3 Å². The highest BCUT2D eigenvalue weighted by Gasteiger charge is 2.12. The van der Waals surface area contributed by atoms with Crippen LogP contribution in [0.2, 0.25) is 0 Å². The van der Waals surface area contributed by atoms with Gasteiger partial charge in [-0.2, -0.15) is 5.10 Å². The topological polar surface area (TPSA) is 66.5 Å². The average molecular weight is 285 g/mol. The molecule has 1 atom stereocenters. The van der Waals surface area contributed by atoms with E-state index in [1.165, 1.54) is 4.88 Å². The van der Waals surface area contributed by atoms with E-state index in [1.807, 2.05) is 42.9 Å². The fourth-order valence-electron chi connectivity index (χ4n) is 2.01. The Kier molecular flexibility index (Phi) is 3.47. The van der Waals surface area contributed by atoms with Gasteiger partial charge in [0.1, 0.15) is 5.82 Å². The first-order chi connectivity index (χ1) is 9.74. The van der Waals surface area contributed by atoms with Crippen molar-refractivity contribution >= 4 is 17.0 Å². The third kappa shape index (κ3) is 2.55. The molecule has 2 aromatic heterocycles. The summed E-state index contributed by atoms with van der Waals surface area (Å²) >= 11 is 1.65. The summed E-state index contributed by atoms with van der Waals surface area (Å²) in [7, 11) is 0. The number of benzene rings is 1. The molecule has 0 aliphatic rings. The molecule has 1 aromatic carbocycles. The molecule has 3 aromatic rings. The van der Waals surface area contributed by atoms with E-state index in [2.05, 4.69) is 32.4 Å². The Hall–Kier alpha value is -2.21. The van der Waals surface area contributed by atoms with Crippen molar-refractivity contribution in [2.75, 3.05) is 5.32 Å². The molecule has 5 nitrogen and oxygen atoms in total. The van der Waals surface area contributed by atoms with Crippen molar-refractivity contribution in [3.05, 3.63) is 46.7 Å². The molecular weight excluding hydrogens is 270 g/mol. The quantitative estimate of drug-likeness (QED) is 0.771. The summed E-state index contributed by atoms with van der Waals surface area (Å²) in [4.78, 5) is 9.71. The number of thiazole rings is 1.